The van der Waals surface area contributed by atoms with E-state index in [0.29, 0.717) is 19.3 Å². The molecule has 0 spiro atoms. The molecular formula is C56H106O6. The van der Waals surface area contributed by atoms with Crippen LogP contribution in [-0.2, 0) is 28.6 Å². The molecule has 0 saturated heterocycles. The third-order valence-electron chi connectivity index (χ3n) is 12.5. The number of allylic oxidation sites excluding steroid dienone is 2. The first-order valence-corrected chi connectivity index (χ1v) is 27.7. The van der Waals surface area contributed by atoms with E-state index in [9.17, 15) is 14.4 Å². The topological polar surface area (TPSA) is 78.9 Å². The molecule has 0 radical (unpaired) electrons. The average Bonchev–Trinajstić information content (AvgIpc) is 3.27. The van der Waals surface area contributed by atoms with Crippen molar-refractivity contribution < 1.29 is 28.6 Å². The second kappa shape index (κ2) is 51.8. The first-order chi connectivity index (χ1) is 30.5. The SMILES string of the molecule is CCCCCC/C=C\CCCCCCCCCC(=O)OC(COC(=O)CCCCCCCCCCCCCCC)COC(=O)CCCCCCCCCCCCCCCCCC. The summed E-state index contributed by atoms with van der Waals surface area (Å²) in [6, 6.07) is 0. The summed E-state index contributed by atoms with van der Waals surface area (Å²) in [7, 11) is 0. The van der Waals surface area contributed by atoms with Crippen LogP contribution in [0.25, 0.3) is 0 Å². The van der Waals surface area contributed by atoms with Gasteiger partial charge in [-0.05, 0) is 44.9 Å². The molecule has 0 aromatic rings. The van der Waals surface area contributed by atoms with Gasteiger partial charge in [0.1, 0.15) is 13.2 Å². The largest absolute Gasteiger partial charge is 0.462 e. The minimum atomic E-state index is -0.766. The van der Waals surface area contributed by atoms with Crippen molar-refractivity contribution in [3.05, 3.63) is 12.2 Å². The fraction of sp³-hybridized carbons (Fsp3) is 0.911. The molecule has 62 heavy (non-hydrogen) atoms. The van der Waals surface area contributed by atoms with E-state index in [2.05, 4.69) is 32.9 Å². The predicted octanol–water partition coefficient (Wildman–Crippen LogP) is 18.2. The molecule has 0 aromatic heterocycles. The van der Waals surface area contributed by atoms with Gasteiger partial charge in [-0.15, -0.1) is 0 Å². The summed E-state index contributed by atoms with van der Waals surface area (Å²) in [4.78, 5) is 38.0. The Labute approximate surface area is 386 Å². The molecule has 366 valence electrons. The Balaban J connectivity index is 4.32. The lowest BCUT2D eigenvalue weighted by Gasteiger charge is -2.18. The molecule has 1 unspecified atom stereocenters. The number of ether oxygens (including phenoxy) is 3. The number of esters is 3. The minimum Gasteiger partial charge on any atom is -0.462 e. The maximum atomic E-state index is 12.8. The molecule has 6 heteroatoms. The third-order valence-corrected chi connectivity index (χ3v) is 12.5. The molecule has 1 atom stereocenters. The zero-order valence-corrected chi connectivity index (χ0v) is 41.9. The van der Waals surface area contributed by atoms with Crippen LogP contribution in [0.1, 0.15) is 310 Å². The number of hydrogen-bond donors (Lipinski definition) is 0. The summed E-state index contributed by atoms with van der Waals surface area (Å²) in [5.41, 5.74) is 0. The van der Waals surface area contributed by atoms with Crippen molar-refractivity contribution in [2.24, 2.45) is 0 Å². The Bertz CT molecular complexity index is 962. The molecule has 0 aromatic carbocycles. The second-order valence-corrected chi connectivity index (χ2v) is 18.9. The molecule has 0 fully saturated rings. The van der Waals surface area contributed by atoms with Gasteiger partial charge in [0.25, 0.3) is 0 Å². The van der Waals surface area contributed by atoms with E-state index in [1.54, 1.807) is 0 Å². The summed E-state index contributed by atoms with van der Waals surface area (Å²) in [5, 5.41) is 0. The highest BCUT2D eigenvalue weighted by atomic mass is 16.6. The van der Waals surface area contributed by atoms with Gasteiger partial charge in [0.2, 0.25) is 0 Å². The van der Waals surface area contributed by atoms with Crippen LogP contribution < -0.4 is 0 Å². The van der Waals surface area contributed by atoms with Gasteiger partial charge in [-0.1, -0.05) is 258 Å². The normalized spacial score (nSPS) is 12.0. The molecule has 0 heterocycles. The first kappa shape index (κ1) is 60.2. The highest BCUT2D eigenvalue weighted by Crippen LogP contribution is 2.17. The summed E-state index contributed by atoms with van der Waals surface area (Å²) < 4.78 is 16.8. The monoisotopic (exact) mass is 875 g/mol. The standard InChI is InChI=1S/C56H106O6/c1-4-7-10-13-16-19-22-25-27-29-31-34-37-40-43-46-49-55(58)61-52-53(51-60-54(57)48-45-42-39-36-33-30-24-21-18-15-12-9-6-3)62-56(59)50-47-44-41-38-35-32-28-26-23-20-17-14-11-8-5-2/h20,23,53H,4-19,21-22,24-52H2,1-3H3/b23-20-. The number of carbonyl (C=O) groups excluding carboxylic acids is 3. The molecule has 0 aliphatic heterocycles. The molecule has 0 amide bonds. The lowest BCUT2D eigenvalue weighted by atomic mass is 10.0. The lowest BCUT2D eigenvalue weighted by Crippen LogP contribution is -2.30. The van der Waals surface area contributed by atoms with Crippen molar-refractivity contribution in [2.45, 2.75) is 316 Å². The van der Waals surface area contributed by atoms with Crippen molar-refractivity contribution in [3.63, 3.8) is 0 Å². The number of unbranched alkanes of at least 4 members (excludes halogenated alkanes) is 38. The molecule has 0 saturated carbocycles. The number of rotatable bonds is 51. The Morgan fingerprint density at radius 1 is 0.306 bits per heavy atom. The summed E-state index contributed by atoms with van der Waals surface area (Å²) in [6.07, 6.45) is 57.6. The van der Waals surface area contributed by atoms with Crippen LogP contribution >= 0.6 is 0 Å². The van der Waals surface area contributed by atoms with Crippen LogP contribution in [0.15, 0.2) is 12.2 Å². The molecule has 0 N–H and O–H groups in total. The van der Waals surface area contributed by atoms with Gasteiger partial charge in [0.05, 0.1) is 0 Å². The summed E-state index contributed by atoms with van der Waals surface area (Å²) in [5.74, 6) is -0.849. The van der Waals surface area contributed by atoms with Crippen molar-refractivity contribution in [1.82, 2.24) is 0 Å². The molecule has 0 aliphatic rings. The smallest absolute Gasteiger partial charge is 0.306 e. The average molecular weight is 875 g/mol. The van der Waals surface area contributed by atoms with E-state index in [1.165, 1.54) is 212 Å². The van der Waals surface area contributed by atoms with E-state index >= 15 is 0 Å². The van der Waals surface area contributed by atoms with Gasteiger partial charge in [0.15, 0.2) is 6.10 Å². The lowest BCUT2D eigenvalue weighted by molar-refractivity contribution is -0.167. The summed E-state index contributed by atoms with van der Waals surface area (Å²) >= 11 is 0. The predicted molar refractivity (Wildman–Crippen MR) is 266 cm³/mol. The van der Waals surface area contributed by atoms with Gasteiger partial charge in [-0.2, -0.15) is 0 Å². The maximum absolute atomic E-state index is 12.8. The van der Waals surface area contributed by atoms with Crippen LogP contribution in [0.3, 0.4) is 0 Å². The zero-order chi connectivity index (χ0) is 45.1. The highest BCUT2D eigenvalue weighted by molar-refractivity contribution is 5.71. The summed E-state index contributed by atoms with van der Waals surface area (Å²) in [6.45, 7) is 6.67. The molecular weight excluding hydrogens is 769 g/mol. The molecule has 0 aliphatic carbocycles. The fourth-order valence-corrected chi connectivity index (χ4v) is 8.32. The zero-order valence-electron chi connectivity index (χ0n) is 41.9. The third kappa shape index (κ3) is 49.2. The fourth-order valence-electron chi connectivity index (χ4n) is 8.32. The van der Waals surface area contributed by atoms with Crippen LogP contribution in [0, 0.1) is 0 Å². The van der Waals surface area contributed by atoms with Crippen molar-refractivity contribution >= 4 is 17.9 Å². The van der Waals surface area contributed by atoms with Crippen LogP contribution in [0.5, 0.6) is 0 Å². The van der Waals surface area contributed by atoms with Crippen LogP contribution in [0.4, 0.5) is 0 Å². The molecule has 0 rings (SSSR count). The highest BCUT2D eigenvalue weighted by Gasteiger charge is 2.19. The van der Waals surface area contributed by atoms with E-state index in [-0.39, 0.29) is 31.1 Å². The van der Waals surface area contributed by atoms with Crippen LogP contribution in [-0.4, -0.2) is 37.2 Å². The Kier molecular flexibility index (Phi) is 50.2. The van der Waals surface area contributed by atoms with E-state index in [4.69, 9.17) is 14.2 Å². The van der Waals surface area contributed by atoms with Gasteiger partial charge >= 0.3 is 17.9 Å². The molecule has 6 nitrogen and oxygen atoms in total. The quantitative estimate of drug-likeness (QED) is 0.0262. The maximum Gasteiger partial charge on any atom is 0.306 e. The second-order valence-electron chi connectivity index (χ2n) is 18.9. The van der Waals surface area contributed by atoms with Gasteiger partial charge in [-0.25, -0.2) is 0 Å². The van der Waals surface area contributed by atoms with Gasteiger partial charge in [-0.3, -0.25) is 14.4 Å². The Hall–Kier alpha value is -1.85. The van der Waals surface area contributed by atoms with Gasteiger partial charge in [0, 0.05) is 19.3 Å². The molecule has 0 bridgehead atoms. The van der Waals surface area contributed by atoms with Crippen molar-refractivity contribution in [3.8, 4) is 0 Å². The first-order valence-electron chi connectivity index (χ1n) is 27.7. The van der Waals surface area contributed by atoms with Crippen LogP contribution in [0.2, 0.25) is 0 Å². The van der Waals surface area contributed by atoms with E-state index < -0.39 is 6.10 Å². The van der Waals surface area contributed by atoms with Crippen molar-refractivity contribution in [2.75, 3.05) is 13.2 Å². The van der Waals surface area contributed by atoms with Crippen molar-refractivity contribution in [1.29, 1.82) is 0 Å². The Morgan fingerprint density at radius 2 is 0.532 bits per heavy atom. The number of carbonyl (C=O) groups is 3. The Morgan fingerprint density at radius 3 is 0.823 bits per heavy atom. The van der Waals surface area contributed by atoms with Gasteiger partial charge < -0.3 is 14.2 Å². The minimum absolute atomic E-state index is 0.0660. The van der Waals surface area contributed by atoms with E-state index in [1.807, 2.05) is 0 Å². The van der Waals surface area contributed by atoms with E-state index in [0.717, 1.165) is 57.8 Å². The number of hydrogen-bond acceptors (Lipinski definition) is 6.